The molecule has 0 radical (unpaired) electrons. The molecule has 6 heteroatoms. The van der Waals surface area contributed by atoms with Crippen LogP contribution in [0.4, 0.5) is 11.4 Å². The highest BCUT2D eigenvalue weighted by Gasteiger charge is 2.06. The Bertz CT molecular complexity index is 931. The second kappa shape index (κ2) is 10.7. The Morgan fingerprint density at radius 1 is 0.931 bits per heavy atom. The van der Waals surface area contributed by atoms with Crippen LogP contribution in [0.3, 0.4) is 0 Å². The van der Waals surface area contributed by atoms with E-state index in [4.69, 9.17) is 27.9 Å². The van der Waals surface area contributed by atoms with E-state index < -0.39 is 0 Å². The minimum absolute atomic E-state index is 0.0963. The highest BCUT2D eigenvalue weighted by atomic mass is 35.5. The summed E-state index contributed by atoms with van der Waals surface area (Å²) in [5, 5.41) is 6.84. The number of anilines is 2. The van der Waals surface area contributed by atoms with Crippen molar-refractivity contribution in [3.63, 3.8) is 0 Å². The maximum atomic E-state index is 12.1. The number of rotatable bonds is 9. The van der Waals surface area contributed by atoms with Gasteiger partial charge in [0.05, 0.1) is 23.9 Å². The molecule has 4 nitrogen and oxygen atoms in total. The van der Waals surface area contributed by atoms with Crippen LogP contribution in [0.5, 0.6) is 5.75 Å². The first-order valence-corrected chi connectivity index (χ1v) is 10.1. The van der Waals surface area contributed by atoms with Crippen LogP contribution >= 0.6 is 23.2 Å². The molecule has 0 spiro atoms. The van der Waals surface area contributed by atoms with E-state index in [-0.39, 0.29) is 12.5 Å². The summed E-state index contributed by atoms with van der Waals surface area (Å²) < 4.78 is 5.77. The molecule has 0 aromatic heterocycles. The number of amides is 1. The van der Waals surface area contributed by atoms with E-state index in [0.717, 1.165) is 18.6 Å². The second-order valence-electron chi connectivity index (χ2n) is 6.49. The lowest BCUT2D eigenvalue weighted by molar-refractivity contribution is -0.114. The van der Waals surface area contributed by atoms with Gasteiger partial charge in [-0.05, 0) is 60.9 Å². The molecule has 0 atom stereocenters. The van der Waals surface area contributed by atoms with Crippen molar-refractivity contribution in [1.82, 2.24) is 0 Å². The standard InChI is InChI=1S/C23H22Cl2N2O2/c24-18-8-13-22(21(25)15-18)26-16-23(28)27-19-9-11-20(12-10-19)29-14-4-7-17-5-2-1-3-6-17/h1-3,5-6,8-13,15,26H,4,7,14,16H2,(H,27,28). The van der Waals surface area contributed by atoms with Crippen molar-refractivity contribution >= 4 is 40.5 Å². The molecular weight excluding hydrogens is 407 g/mol. The van der Waals surface area contributed by atoms with Crippen LogP contribution < -0.4 is 15.4 Å². The molecule has 2 N–H and O–H groups in total. The van der Waals surface area contributed by atoms with Crippen molar-refractivity contribution in [2.45, 2.75) is 12.8 Å². The minimum Gasteiger partial charge on any atom is -0.494 e. The van der Waals surface area contributed by atoms with Gasteiger partial charge in [0.25, 0.3) is 0 Å². The number of halogens is 2. The first-order chi connectivity index (χ1) is 14.1. The zero-order chi connectivity index (χ0) is 20.5. The number of ether oxygens (including phenoxy) is 1. The van der Waals surface area contributed by atoms with Crippen molar-refractivity contribution < 1.29 is 9.53 Å². The summed E-state index contributed by atoms with van der Waals surface area (Å²) in [4.78, 5) is 12.1. The van der Waals surface area contributed by atoms with Crippen LogP contribution in [-0.2, 0) is 11.2 Å². The molecule has 0 aliphatic carbocycles. The molecule has 0 saturated heterocycles. The fourth-order valence-corrected chi connectivity index (χ4v) is 3.23. The number of benzene rings is 3. The molecule has 1 amide bonds. The van der Waals surface area contributed by atoms with Crippen molar-refractivity contribution in [2.24, 2.45) is 0 Å². The van der Waals surface area contributed by atoms with Gasteiger partial charge in [0.1, 0.15) is 5.75 Å². The van der Waals surface area contributed by atoms with E-state index in [2.05, 4.69) is 22.8 Å². The number of hydrogen-bond acceptors (Lipinski definition) is 3. The zero-order valence-electron chi connectivity index (χ0n) is 15.8. The van der Waals surface area contributed by atoms with Crippen molar-refractivity contribution in [3.05, 3.63) is 88.4 Å². The molecule has 0 aliphatic rings. The molecule has 0 heterocycles. The summed E-state index contributed by atoms with van der Waals surface area (Å²) in [7, 11) is 0. The predicted molar refractivity (Wildman–Crippen MR) is 120 cm³/mol. The Morgan fingerprint density at radius 2 is 1.69 bits per heavy atom. The van der Waals surface area contributed by atoms with Gasteiger partial charge in [0, 0.05) is 10.7 Å². The van der Waals surface area contributed by atoms with Gasteiger partial charge in [-0.3, -0.25) is 4.79 Å². The lowest BCUT2D eigenvalue weighted by atomic mass is 10.1. The van der Waals surface area contributed by atoms with E-state index in [0.29, 0.717) is 28.0 Å². The van der Waals surface area contributed by atoms with E-state index >= 15 is 0 Å². The zero-order valence-corrected chi connectivity index (χ0v) is 17.3. The van der Waals surface area contributed by atoms with Gasteiger partial charge in [0.2, 0.25) is 5.91 Å². The molecule has 0 fully saturated rings. The topological polar surface area (TPSA) is 50.4 Å². The Morgan fingerprint density at radius 3 is 2.41 bits per heavy atom. The molecule has 3 aromatic rings. The highest BCUT2D eigenvalue weighted by molar-refractivity contribution is 6.36. The molecule has 0 saturated carbocycles. The lowest BCUT2D eigenvalue weighted by Gasteiger charge is -2.10. The van der Waals surface area contributed by atoms with Gasteiger partial charge >= 0.3 is 0 Å². The summed E-state index contributed by atoms with van der Waals surface area (Å²) in [5.74, 6) is 0.606. The maximum absolute atomic E-state index is 12.1. The van der Waals surface area contributed by atoms with E-state index in [9.17, 15) is 4.79 Å². The van der Waals surface area contributed by atoms with Crippen molar-refractivity contribution in [2.75, 3.05) is 23.8 Å². The number of nitrogens with one attached hydrogen (secondary N) is 2. The Labute approximate surface area is 180 Å². The van der Waals surface area contributed by atoms with Gasteiger partial charge in [-0.2, -0.15) is 0 Å². The molecular formula is C23H22Cl2N2O2. The fraction of sp³-hybridized carbons (Fsp3) is 0.174. The maximum Gasteiger partial charge on any atom is 0.243 e. The number of carbonyl (C=O) groups is 1. The predicted octanol–water partition coefficient (Wildman–Crippen LogP) is 6.06. The van der Waals surface area contributed by atoms with Crippen LogP contribution in [0.2, 0.25) is 10.0 Å². The average Bonchev–Trinajstić information content (AvgIpc) is 2.72. The van der Waals surface area contributed by atoms with Crippen LogP contribution in [0.15, 0.2) is 72.8 Å². The number of hydrogen-bond donors (Lipinski definition) is 2. The van der Waals surface area contributed by atoms with Gasteiger partial charge in [-0.15, -0.1) is 0 Å². The average molecular weight is 429 g/mol. The van der Waals surface area contributed by atoms with Crippen LogP contribution in [0.25, 0.3) is 0 Å². The van der Waals surface area contributed by atoms with Crippen LogP contribution in [-0.4, -0.2) is 19.1 Å². The third-order valence-corrected chi connectivity index (χ3v) is 4.78. The van der Waals surface area contributed by atoms with Crippen molar-refractivity contribution in [3.8, 4) is 5.75 Å². The number of carbonyl (C=O) groups excluding carboxylic acids is 1. The molecule has 0 unspecified atom stereocenters. The molecule has 150 valence electrons. The van der Waals surface area contributed by atoms with Gasteiger partial charge < -0.3 is 15.4 Å². The quantitative estimate of drug-likeness (QED) is 0.407. The van der Waals surface area contributed by atoms with Gasteiger partial charge in [-0.1, -0.05) is 53.5 Å². The minimum atomic E-state index is -0.174. The molecule has 0 bridgehead atoms. The molecule has 29 heavy (non-hydrogen) atoms. The monoisotopic (exact) mass is 428 g/mol. The van der Waals surface area contributed by atoms with E-state index in [1.54, 1.807) is 18.2 Å². The van der Waals surface area contributed by atoms with E-state index in [1.165, 1.54) is 5.56 Å². The third-order valence-electron chi connectivity index (χ3n) is 4.23. The Hall–Kier alpha value is -2.69. The second-order valence-corrected chi connectivity index (χ2v) is 7.33. The van der Waals surface area contributed by atoms with Crippen LogP contribution in [0.1, 0.15) is 12.0 Å². The normalized spacial score (nSPS) is 10.4. The molecule has 3 rings (SSSR count). The molecule has 0 aliphatic heterocycles. The summed E-state index contributed by atoms with van der Waals surface area (Å²) in [6, 6.07) is 22.8. The van der Waals surface area contributed by atoms with E-state index in [1.807, 2.05) is 42.5 Å². The summed E-state index contributed by atoms with van der Waals surface area (Å²) in [6.07, 6.45) is 1.93. The smallest absolute Gasteiger partial charge is 0.243 e. The van der Waals surface area contributed by atoms with Gasteiger partial charge in [0.15, 0.2) is 0 Å². The summed E-state index contributed by atoms with van der Waals surface area (Å²) in [5.41, 5.74) is 2.67. The lowest BCUT2D eigenvalue weighted by Crippen LogP contribution is -2.21. The first-order valence-electron chi connectivity index (χ1n) is 9.36. The highest BCUT2D eigenvalue weighted by Crippen LogP contribution is 2.25. The number of aryl methyl sites for hydroxylation is 1. The van der Waals surface area contributed by atoms with Crippen molar-refractivity contribution in [1.29, 1.82) is 0 Å². The fourth-order valence-electron chi connectivity index (χ4n) is 2.76. The Kier molecular flexibility index (Phi) is 7.79. The van der Waals surface area contributed by atoms with Crippen LogP contribution in [0, 0.1) is 0 Å². The third kappa shape index (κ3) is 7.00. The summed E-state index contributed by atoms with van der Waals surface area (Å²) in [6.45, 7) is 0.742. The summed E-state index contributed by atoms with van der Waals surface area (Å²) >= 11 is 12.0. The SMILES string of the molecule is O=C(CNc1ccc(Cl)cc1Cl)Nc1ccc(OCCCc2ccccc2)cc1. The van der Waals surface area contributed by atoms with Gasteiger partial charge in [-0.25, -0.2) is 0 Å². The Balaban J connectivity index is 1.39. The first kappa shape index (κ1) is 21.0. The molecule has 3 aromatic carbocycles. The largest absolute Gasteiger partial charge is 0.494 e.